The number of aromatic nitrogens is 3. The Morgan fingerprint density at radius 3 is 2.81 bits per heavy atom. The van der Waals surface area contributed by atoms with Gasteiger partial charge in [0.15, 0.2) is 11.5 Å². The van der Waals surface area contributed by atoms with E-state index in [9.17, 15) is 9.59 Å². The van der Waals surface area contributed by atoms with E-state index >= 15 is 0 Å². The Morgan fingerprint density at radius 2 is 2.14 bits per heavy atom. The van der Waals surface area contributed by atoms with Gasteiger partial charge in [-0.2, -0.15) is 5.10 Å². The third-order valence-corrected chi connectivity index (χ3v) is 2.96. The number of halogens is 2. The molecular weight excluding hydrogens is 319 g/mol. The molecule has 0 aliphatic rings. The van der Waals surface area contributed by atoms with Gasteiger partial charge in [-0.15, -0.1) is 0 Å². The average Bonchev–Trinajstić information content (AvgIpc) is 2.88. The molecule has 2 heterocycles. The fourth-order valence-corrected chi connectivity index (χ4v) is 1.92. The summed E-state index contributed by atoms with van der Waals surface area (Å²) in [6, 6.07) is 2.93. The molecule has 21 heavy (non-hydrogen) atoms. The lowest BCUT2D eigenvalue weighted by molar-refractivity contribution is -0.137. The monoisotopic (exact) mass is 328 g/mol. The van der Waals surface area contributed by atoms with Crippen molar-refractivity contribution >= 4 is 40.9 Å². The fourth-order valence-electron chi connectivity index (χ4n) is 1.50. The summed E-state index contributed by atoms with van der Waals surface area (Å²) in [6.45, 7) is 0.183. The summed E-state index contributed by atoms with van der Waals surface area (Å²) >= 11 is 11.6. The number of anilines is 1. The highest BCUT2D eigenvalue weighted by molar-refractivity contribution is 6.36. The normalized spacial score (nSPS) is 10.4. The van der Waals surface area contributed by atoms with Crippen molar-refractivity contribution in [1.29, 1.82) is 0 Å². The van der Waals surface area contributed by atoms with E-state index in [-0.39, 0.29) is 29.5 Å². The Bertz CT molecular complexity index is 687. The van der Waals surface area contributed by atoms with Crippen molar-refractivity contribution in [3.8, 4) is 0 Å². The minimum absolute atomic E-state index is 0.0761. The van der Waals surface area contributed by atoms with Gasteiger partial charge in [0, 0.05) is 12.4 Å². The van der Waals surface area contributed by atoms with Gasteiger partial charge in [-0.05, 0) is 12.1 Å². The Morgan fingerprint density at radius 1 is 1.38 bits per heavy atom. The van der Waals surface area contributed by atoms with Crippen molar-refractivity contribution in [1.82, 2.24) is 14.8 Å². The Labute approximate surface area is 129 Å². The molecule has 0 radical (unpaired) electrons. The van der Waals surface area contributed by atoms with Crippen LogP contribution < -0.4 is 5.32 Å². The van der Waals surface area contributed by atoms with Gasteiger partial charge in [0.05, 0.1) is 23.0 Å². The molecule has 1 amide bonds. The highest BCUT2D eigenvalue weighted by atomic mass is 35.5. The number of hydrogen-bond acceptors (Lipinski definition) is 4. The molecule has 2 rings (SSSR count). The van der Waals surface area contributed by atoms with Crippen molar-refractivity contribution in [3.05, 3.63) is 40.3 Å². The number of hydrogen-bond donors (Lipinski definition) is 2. The molecule has 0 atom stereocenters. The Hall–Kier alpha value is -2.12. The number of pyridine rings is 1. The van der Waals surface area contributed by atoms with Gasteiger partial charge in [0.2, 0.25) is 0 Å². The summed E-state index contributed by atoms with van der Waals surface area (Å²) in [5.74, 6) is -1.26. The lowest BCUT2D eigenvalue weighted by atomic mass is 10.4. The van der Waals surface area contributed by atoms with E-state index in [0.717, 1.165) is 0 Å². The minimum Gasteiger partial charge on any atom is -0.481 e. The van der Waals surface area contributed by atoms with Gasteiger partial charge >= 0.3 is 5.97 Å². The van der Waals surface area contributed by atoms with Crippen molar-refractivity contribution in [2.24, 2.45) is 0 Å². The van der Waals surface area contributed by atoms with Crippen LogP contribution in [0.3, 0.4) is 0 Å². The predicted octanol–water partition coefficient (Wildman–Crippen LogP) is 2.31. The minimum atomic E-state index is -0.936. The maximum absolute atomic E-state index is 12.0. The van der Waals surface area contributed by atoms with Crippen LogP contribution in [0.25, 0.3) is 0 Å². The molecule has 0 unspecified atom stereocenters. The van der Waals surface area contributed by atoms with Crippen LogP contribution in [0.1, 0.15) is 16.9 Å². The molecule has 2 N–H and O–H groups in total. The van der Waals surface area contributed by atoms with Crippen molar-refractivity contribution in [3.63, 3.8) is 0 Å². The van der Waals surface area contributed by atoms with Gasteiger partial charge < -0.3 is 10.4 Å². The second-order valence-corrected chi connectivity index (χ2v) is 4.89. The molecule has 0 saturated carbocycles. The fraction of sp³-hybridized carbons (Fsp3) is 0.167. The maximum atomic E-state index is 12.0. The van der Waals surface area contributed by atoms with Gasteiger partial charge in [0.25, 0.3) is 5.91 Å². The largest absolute Gasteiger partial charge is 0.481 e. The van der Waals surface area contributed by atoms with Crippen LogP contribution in [-0.4, -0.2) is 31.7 Å². The van der Waals surface area contributed by atoms with Crippen LogP contribution in [0.2, 0.25) is 10.0 Å². The Balaban J connectivity index is 2.05. The zero-order valence-corrected chi connectivity index (χ0v) is 12.1. The SMILES string of the molecule is O=C(O)CCn1ccc(C(=O)Nc2ncc(Cl)cc2Cl)n1. The third-order valence-electron chi connectivity index (χ3n) is 2.47. The second-order valence-electron chi connectivity index (χ2n) is 4.05. The zero-order valence-electron chi connectivity index (χ0n) is 10.6. The first-order chi connectivity index (χ1) is 9.95. The van der Waals surface area contributed by atoms with Crippen LogP contribution in [-0.2, 0) is 11.3 Å². The van der Waals surface area contributed by atoms with Crippen molar-refractivity contribution in [2.75, 3.05) is 5.32 Å². The van der Waals surface area contributed by atoms with Gasteiger partial charge in [-0.1, -0.05) is 23.2 Å². The standard InChI is InChI=1S/C12H10Cl2N4O3/c13-7-5-8(14)11(15-6-7)16-12(21)9-1-3-18(17-9)4-2-10(19)20/h1,3,5-6H,2,4H2,(H,19,20)(H,15,16,21). The molecule has 0 fully saturated rings. The van der Waals surface area contributed by atoms with Crippen LogP contribution >= 0.6 is 23.2 Å². The molecule has 9 heteroatoms. The summed E-state index contributed by atoms with van der Waals surface area (Å²) in [4.78, 5) is 26.3. The van der Waals surface area contributed by atoms with Crippen LogP contribution in [0.15, 0.2) is 24.5 Å². The number of aliphatic carboxylic acids is 1. The summed E-state index contributed by atoms with van der Waals surface area (Å²) in [5.41, 5.74) is 0.133. The highest BCUT2D eigenvalue weighted by Crippen LogP contribution is 2.22. The van der Waals surface area contributed by atoms with Gasteiger partial charge in [0.1, 0.15) is 0 Å². The van der Waals surface area contributed by atoms with E-state index in [1.54, 1.807) is 0 Å². The summed E-state index contributed by atoms with van der Waals surface area (Å²) in [6.07, 6.45) is 2.80. The van der Waals surface area contributed by atoms with Crippen molar-refractivity contribution in [2.45, 2.75) is 13.0 Å². The summed E-state index contributed by atoms with van der Waals surface area (Å²) < 4.78 is 1.37. The molecule has 0 aliphatic heterocycles. The number of carboxylic acids is 1. The molecule has 7 nitrogen and oxygen atoms in total. The van der Waals surface area contributed by atoms with E-state index in [1.807, 2.05) is 0 Å². The molecule has 0 saturated heterocycles. The van der Waals surface area contributed by atoms with Crippen molar-refractivity contribution < 1.29 is 14.7 Å². The topological polar surface area (TPSA) is 97.1 Å². The van der Waals surface area contributed by atoms with E-state index in [2.05, 4.69) is 15.4 Å². The lowest BCUT2D eigenvalue weighted by Crippen LogP contribution is -2.15. The van der Waals surface area contributed by atoms with Crippen LogP contribution in [0.5, 0.6) is 0 Å². The molecular formula is C12H10Cl2N4O3. The number of nitrogens with one attached hydrogen (secondary N) is 1. The highest BCUT2D eigenvalue weighted by Gasteiger charge is 2.13. The smallest absolute Gasteiger partial charge is 0.305 e. The zero-order chi connectivity index (χ0) is 15.4. The summed E-state index contributed by atoms with van der Waals surface area (Å²) in [5, 5.41) is 15.6. The quantitative estimate of drug-likeness (QED) is 0.877. The first kappa shape index (κ1) is 15.3. The molecule has 2 aromatic rings. The summed E-state index contributed by atoms with van der Waals surface area (Å²) in [7, 11) is 0. The first-order valence-electron chi connectivity index (χ1n) is 5.83. The van der Waals surface area contributed by atoms with Gasteiger partial charge in [-0.3, -0.25) is 14.3 Å². The van der Waals surface area contributed by atoms with E-state index in [0.29, 0.717) is 5.02 Å². The number of amides is 1. The molecule has 0 aromatic carbocycles. The van der Waals surface area contributed by atoms with E-state index < -0.39 is 11.9 Å². The maximum Gasteiger partial charge on any atom is 0.305 e. The number of carbonyl (C=O) groups is 2. The molecule has 0 spiro atoms. The van der Waals surface area contributed by atoms with E-state index in [1.165, 1.54) is 29.2 Å². The van der Waals surface area contributed by atoms with Gasteiger partial charge in [-0.25, -0.2) is 4.98 Å². The number of rotatable bonds is 5. The third kappa shape index (κ3) is 4.17. The van der Waals surface area contributed by atoms with E-state index in [4.69, 9.17) is 28.3 Å². The molecule has 0 aliphatic carbocycles. The second kappa shape index (κ2) is 6.55. The number of carbonyl (C=O) groups excluding carboxylic acids is 1. The Kier molecular flexibility index (Phi) is 4.77. The molecule has 0 bridgehead atoms. The lowest BCUT2D eigenvalue weighted by Gasteiger charge is -2.04. The van der Waals surface area contributed by atoms with Crippen LogP contribution in [0.4, 0.5) is 5.82 Å². The van der Waals surface area contributed by atoms with Crippen LogP contribution in [0, 0.1) is 0 Å². The molecule has 110 valence electrons. The molecule has 2 aromatic heterocycles. The predicted molar refractivity (Wildman–Crippen MR) is 76.7 cm³/mol. The number of aryl methyl sites for hydroxylation is 1. The number of carboxylic acid groups (broad SMARTS) is 1. The first-order valence-corrected chi connectivity index (χ1v) is 6.59. The average molecular weight is 329 g/mol. The number of nitrogens with zero attached hydrogens (tertiary/aromatic N) is 3.